The maximum Gasteiger partial charge on any atom is 0.221 e. The molecule has 0 saturated carbocycles. The summed E-state index contributed by atoms with van der Waals surface area (Å²) in [6.45, 7) is 0.993. The molecule has 0 spiro atoms. The van der Waals surface area contributed by atoms with E-state index in [0.29, 0.717) is 36.2 Å². The van der Waals surface area contributed by atoms with Gasteiger partial charge in [-0.3, -0.25) is 4.79 Å². The number of fused-ring (bicyclic) bond motifs is 1. The third-order valence-corrected chi connectivity index (χ3v) is 6.15. The molecule has 8 nitrogen and oxygen atoms in total. The minimum Gasteiger partial charge on any atom is -0.497 e. The van der Waals surface area contributed by atoms with E-state index < -0.39 is 9.84 Å². The molecule has 2 aromatic carbocycles. The number of hydrogen-bond donors (Lipinski definition) is 1. The highest BCUT2D eigenvalue weighted by Gasteiger charge is 2.20. The van der Waals surface area contributed by atoms with E-state index in [1.807, 2.05) is 0 Å². The number of benzene rings is 2. The molecular formula is C20H23NO7S. The molecule has 1 amide bonds. The summed E-state index contributed by atoms with van der Waals surface area (Å²) in [5.74, 6) is 1.46. The van der Waals surface area contributed by atoms with Gasteiger partial charge in [0.05, 0.1) is 24.9 Å². The molecule has 1 aliphatic rings. The van der Waals surface area contributed by atoms with Gasteiger partial charge in [-0.25, -0.2) is 8.42 Å². The lowest BCUT2D eigenvalue weighted by atomic mass is 10.2. The molecule has 0 unspecified atom stereocenters. The maximum absolute atomic E-state index is 12.6. The molecule has 1 aliphatic heterocycles. The zero-order chi connectivity index (χ0) is 20.9. The van der Waals surface area contributed by atoms with Crippen LogP contribution in [-0.2, 0) is 21.2 Å². The van der Waals surface area contributed by atoms with Crippen molar-refractivity contribution in [2.24, 2.45) is 0 Å². The van der Waals surface area contributed by atoms with Gasteiger partial charge in [0.1, 0.15) is 24.7 Å². The van der Waals surface area contributed by atoms with E-state index in [-0.39, 0.29) is 29.5 Å². The Bertz CT molecular complexity index is 988. The number of sulfone groups is 1. The van der Waals surface area contributed by atoms with Crippen molar-refractivity contribution in [3.8, 4) is 23.0 Å². The molecule has 0 aromatic heterocycles. The quantitative estimate of drug-likeness (QED) is 0.695. The molecule has 9 heteroatoms. The van der Waals surface area contributed by atoms with Crippen LogP contribution in [0.1, 0.15) is 12.0 Å². The monoisotopic (exact) mass is 421 g/mol. The number of hydrogen-bond acceptors (Lipinski definition) is 7. The van der Waals surface area contributed by atoms with E-state index in [1.54, 1.807) is 31.4 Å². The lowest BCUT2D eigenvalue weighted by molar-refractivity contribution is -0.120. The average molecular weight is 421 g/mol. The summed E-state index contributed by atoms with van der Waals surface area (Å²) in [6.07, 6.45) is -0.164. The van der Waals surface area contributed by atoms with E-state index >= 15 is 0 Å². The molecule has 0 radical (unpaired) electrons. The van der Waals surface area contributed by atoms with Gasteiger partial charge in [-0.05, 0) is 30.3 Å². The molecular weight excluding hydrogens is 398 g/mol. The highest BCUT2D eigenvalue weighted by molar-refractivity contribution is 7.91. The van der Waals surface area contributed by atoms with Crippen LogP contribution in [0.15, 0.2) is 41.3 Å². The third kappa shape index (κ3) is 5.11. The maximum atomic E-state index is 12.6. The second kappa shape index (κ2) is 9.04. The highest BCUT2D eigenvalue weighted by Crippen LogP contribution is 2.32. The van der Waals surface area contributed by atoms with Crippen molar-refractivity contribution in [1.82, 2.24) is 5.32 Å². The fraction of sp³-hybridized carbons (Fsp3) is 0.350. The zero-order valence-corrected chi connectivity index (χ0v) is 17.1. The van der Waals surface area contributed by atoms with Crippen LogP contribution in [0.25, 0.3) is 0 Å². The first-order valence-corrected chi connectivity index (χ1v) is 10.7. The van der Waals surface area contributed by atoms with E-state index in [0.717, 1.165) is 5.56 Å². The first-order valence-electron chi connectivity index (χ1n) is 9.03. The predicted octanol–water partition coefficient (Wildman–Crippen LogP) is 1.96. The lowest BCUT2D eigenvalue weighted by Gasteiger charge is -2.18. The minimum absolute atomic E-state index is 0.101. The largest absolute Gasteiger partial charge is 0.497 e. The minimum atomic E-state index is -3.64. The van der Waals surface area contributed by atoms with Gasteiger partial charge in [0.25, 0.3) is 0 Å². The number of carbonyl (C=O) groups is 1. The standard InChI is InChI=1S/C20H23NO7S/c1-25-15-3-5-17(26-2)14(11-15)13-21-20(22)7-10-29(23,24)16-4-6-18-19(12-16)28-9-8-27-18/h3-6,11-12H,7-10,13H2,1-2H3,(H,21,22). The second-order valence-electron chi connectivity index (χ2n) is 6.33. The fourth-order valence-electron chi connectivity index (χ4n) is 2.86. The summed E-state index contributed by atoms with van der Waals surface area (Å²) < 4.78 is 46.4. The van der Waals surface area contributed by atoms with Crippen molar-refractivity contribution < 1.29 is 32.2 Å². The Labute approximate surface area is 169 Å². The Morgan fingerprint density at radius 3 is 2.52 bits per heavy atom. The molecule has 29 heavy (non-hydrogen) atoms. The fourth-order valence-corrected chi connectivity index (χ4v) is 4.12. The zero-order valence-electron chi connectivity index (χ0n) is 16.3. The molecule has 0 bridgehead atoms. The molecule has 0 atom stereocenters. The predicted molar refractivity (Wildman–Crippen MR) is 105 cm³/mol. The summed E-state index contributed by atoms with van der Waals surface area (Å²) in [6, 6.07) is 9.71. The summed E-state index contributed by atoms with van der Waals surface area (Å²) in [5.41, 5.74) is 0.731. The average Bonchev–Trinajstić information content (AvgIpc) is 2.75. The van der Waals surface area contributed by atoms with Gasteiger partial charge in [0, 0.05) is 24.6 Å². The van der Waals surface area contributed by atoms with Gasteiger partial charge >= 0.3 is 0 Å². The van der Waals surface area contributed by atoms with Crippen LogP contribution >= 0.6 is 0 Å². The van der Waals surface area contributed by atoms with Crippen molar-refractivity contribution in [3.63, 3.8) is 0 Å². The molecule has 1 heterocycles. The summed E-state index contributed by atoms with van der Waals surface area (Å²) in [7, 11) is -0.553. The first kappa shape index (κ1) is 20.8. The van der Waals surface area contributed by atoms with Crippen molar-refractivity contribution in [2.45, 2.75) is 17.9 Å². The molecule has 2 aromatic rings. The Hall–Kier alpha value is -2.94. The molecule has 0 fully saturated rings. The molecule has 0 saturated heterocycles. The normalized spacial score (nSPS) is 12.9. The van der Waals surface area contributed by atoms with E-state index in [1.165, 1.54) is 19.2 Å². The van der Waals surface area contributed by atoms with Crippen LogP contribution in [0, 0.1) is 0 Å². The first-order chi connectivity index (χ1) is 13.9. The number of rotatable bonds is 8. The van der Waals surface area contributed by atoms with Gasteiger partial charge < -0.3 is 24.3 Å². The van der Waals surface area contributed by atoms with Crippen LogP contribution in [0.2, 0.25) is 0 Å². The van der Waals surface area contributed by atoms with Crippen molar-refractivity contribution in [2.75, 3.05) is 33.2 Å². The van der Waals surface area contributed by atoms with Crippen molar-refractivity contribution in [1.29, 1.82) is 0 Å². The third-order valence-electron chi connectivity index (χ3n) is 4.43. The number of carbonyl (C=O) groups excluding carboxylic acids is 1. The van der Waals surface area contributed by atoms with Gasteiger partial charge in [0.15, 0.2) is 21.3 Å². The number of methoxy groups -OCH3 is 2. The van der Waals surface area contributed by atoms with Gasteiger partial charge in [-0.15, -0.1) is 0 Å². The van der Waals surface area contributed by atoms with Gasteiger partial charge in [-0.1, -0.05) is 0 Å². The number of nitrogens with one attached hydrogen (secondary N) is 1. The molecule has 3 rings (SSSR count). The van der Waals surface area contributed by atoms with E-state index in [2.05, 4.69) is 5.32 Å². The molecule has 1 N–H and O–H groups in total. The highest BCUT2D eigenvalue weighted by atomic mass is 32.2. The summed E-state index contributed by atoms with van der Waals surface area (Å²) in [4.78, 5) is 12.3. The van der Waals surface area contributed by atoms with E-state index in [4.69, 9.17) is 18.9 Å². The molecule has 0 aliphatic carbocycles. The summed E-state index contributed by atoms with van der Waals surface area (Å²) in [5, 5.41) is 2.72. The topological polar surface area (TPSA) is 100 Å². The Kier molecular flexibility index (Phi) is 6.48. The van der Waals surface area contributed by atoms with Gasteiger partial charge in [0.2, 0.25) is 5.91 Å². The summed E-state index contributed by atoms with van der Waals surface area (Å²) >= 11 is 0. The SMILES string of the molecule is COc1ccc(OC)c(CNC(=O)CCS(=O)(=O)c2ccc3c(c2)OCCO3)c1. The number of amides is 1. The Balaban J connectivity index is 1.59. The van der Waals surface area contributed by atoms with Gasteiger partial charge in [-0.2, -0.15) is 0 Å². The van der Waals surface area contributed by atoms with E-state index in [9.17, 15) is 13.2 Å². The van der Waals surface area contributed by atoms with Crippen molar-refractivity contribution >= 4 is 15.7 Å². The Morgan fingerprint density at radius 1 is 1.03 bits per heavy atom. The smallest absolute Gasteiger partial charge is 0.221 e. The van der Waals surface area contributed by atoms with Crippen LogP contribution in [0.5, 0.6) is 23.0 Å². The van der Waals surface area contributed by atoms with Crippen LogP contribution in [0.3, 0.4) is 0 Å². The number of ether oxygens (including phenoxy) is 4. The van der Waals surface area contributed by atoms with Crippen LogP contribution in [-0.4, -0.2) is 47.5 Å². The van der Waals surface area contributed by atoms with Crippen LogP contribution < -0.4 is 24.3 Å². The second-order valence-corrected chi connectivity index (χ2v) is 8.44. The van der Waals surface area contributed by atoms with Crippen molar-refractivity contribution in [3.05, 3.63) is 42.0 Å². The molecule has 156 valence electrons. The lowest BCUT2D eigenvalue weighted by Crippen LogP contribution is -2.25. The van der Waals surface area contributed by atoms with Crippen LogP contribution in [0.4, 0.5) is 0 Å². The Morgan fingerprint density at radius 2 is 1.79 bits per heavy atom.